The van der Waals surface area contributed by atoms with Gasteiger partial charge < -0.3 is 10.1 Å². The Morgan fingerprint density at radius 1 is 1.19 bits per heavy atom. The van der Waals surface area contributed by atoms with Crippen LogP contribution in [0.15, 0.2) is 36.4 Å². The lowest BCUT2D eigenvalue weighted by Gasteiger charge is -2.29. The Bertz CT molecular complexity index is 960. The van der Waals surface area contributed by atoms with Gasteiger partial charge in [0, 0.05) is 10.7 Å². The third-order valence-electron chi connectivity index (χ3n) is 4.12. The van der Waals surface area contributed by atoms with E-state index in [1.165, 1.54) is 20.1 Å². The number of hydrogen-bond donors (Lipinski definition) is 1. The van der Waals surface area contributed by atoms with E-state index in [2.05, 4.69) is 5.32 Å². The van der Waals surface area contributed by atoms with E-state index >= 15 is 0 Å². The molecule has 2 aromatic rings. The molecule has 8 heteroatoms. The number of rotatable bonds is 6. The zero-order chi connectivity index (χ0) is 20.4. The van der Waals surface area contributed by atoms with Crippen LogP contribution in [0.5, 0.6) is 5.75 Å². The summed E-state index contributed by atoms with van der Waals surface area (Å²) < 4.78 is 31.2. The normalized spacial score (nSPS) is 12.4. The van der Waals surface area contributed by atoms with Crippen LogP contribution < -0.4 is 14.4 Å². The molecule has 0 fully saturated rings. The molecule has 1 N–H and O–H groups in total. The van der Waals surface area contributed by atoms with Crippen molar-refractivity contribution in [1.29, 1.82) is 0 Å². The molecule has 0 heterocycles. The molecule has 0 aromatic heterocycles. The van der Waals surface area contributed by atoms with Gasteiger partial charge in [-0.2, -0.15) is 0 Å². The second kappa shape index (κ2) is 8.19. The van der Waals surface area contributed by atoms with Crippen molar-refractivity contribution in [2.45, 2.75) is 26.8 Å². The van der Waals surface area contributed by atoms with Crippen molar-refractivity contribution >= 4 is 38.9 Å². The summed E-state index contributed by atoms with van der Waals surface area (Å²) in [5, 5.41) is 3.14. The van der Waals surface area contributed by atoms with Crippen molar-refractivity contribution < 1.29 is 17.9 Å². The first-order valence-electron chi connectivity index (χ1n) is 8.25. The summed E-state index contributed by atoms with van der Waals surface area (Å²) in [4.78, 5) is 12.8. The average Bonchev–Trinajstić information content (AvgIpc) is 2.57. The standard InChI is InChI=1S/C19H23ClN2O4S/c1-12-6-7-13(2)16(10-12)21-19(23)14(3)22(27(5,24)25)17-11-15(20)8-9-18(17)26-4/h6-11,14H,1-5H3,(H,21,23). The first kappa shape index (κ1) is 21.1. The predicted molar refractivity (Wildman–Crippen MR) is 109 cm³/mol. The van der Waals surface area contributed by atoms with E-state index in [4.69, 9.17) is 16.3 Å². The summed E-state index contributed by atoms with van der Waals surface area (Å²) in [6, 6.07) is 9.26. The van der Waals surface area contributed by atoms with Crippen LogP contribution in [0.2, 0.25) is 5.02 Å². The van der Waals surface area contributed by atoms with Crippen molar-refractivity contribution in [2.24, 2.45) is 0 Å². The number of carbonyl (C=O) groups excluding carboxylic acids is 1. The lowest BCUT2D eigenvalue weighted by Crippen LogP contribution is -2.45. The summed E-state index contributed by atoms with van der Waals surface area (Å²) in [7, 11) is -2.36. The second-order valence-corrected chi connectivity index (χ2v) is 8.65. The molecule has 2 aromatic carbocycles. The molecule has 1 atom stereocenters. The Hall–Kier alpha value is -2.25. The van der Waals surface area contributed by atoms with E-state index in [1.807, 2.05) is 32.0 Å². The number of amides is 1. The van der Waals surface area contributed by atoms with Crippen molar-refractivity contribution in [3.8, 4) is 5.75 Å². The molecule has 0 aliphatic carbocycles. The van der Waals surface area contributed by atoms with Gasteiger partial charge in [0.1, 0.15) is 11.8 Å². The number of methoxy groups -OCH3 is 1. The molecule has 6 nitrogen and oxygen atoms in total. The number of aryl methyl sites for hydroxylation is 2. The highest BCUT2D eigenvalue weighted by molar-refractivity contribution is 7.92. The molecule has 0 aliphatic rings. The molecule has 0 bridgehead atoms. The van der Waals surface area contributed by atoms with Crippen LogP contribution in [0.4, 0.5) is 11.4 Å². The van der Waals surface area contributed by atoms with E-state index < -0.39 is 22.0 Å². The molecule has 0 radical (unpaired) electrons. The number of nitrogens with zero attached hydrogens (tertiary/aromatic N) is 1. The topological polar surface area (TPSA) is 75.7 Å². The first-order chi connectivity index (χ1) is 12.5. The minimum atomic E-state index is -3.79. The Labute approximate surface area is 165 Å². The van der Waals surface area contributed by atoms with E-state index in [0.29, 0.717) is 16.5 Å². The van der Waals surface area contributed by atoms with Gasteiger partial charge in [-0.25, -0.2) is 8.42 Å². The number of nitrogens with one attached hydrogen (secondary N) is 1. The van der Waals surface area contributed by atoms with Gasteiger partial charge in [0.05, 0.1) is 19.1 Å². The molecule has 1 amide bonds. The number of sulfonamides is 1. The maximum absolute atomic E-state index is 12.8. The molecule has 0 saturated carbocycles. The molecule has 1 unspecified atom stereocenters. The second-order valence-electron chi connectivity index (χ2n) is 6.36. The molecular weight excluding hydrogens is 388 g/mol. The number of hydrogen-bond acceptors (Lipinski definition) is 4. The van der Waals surface area contributed by atoms with Crippen LogP contribution >= 0.6 is 11.6 Å². The Balaban J connectivity index is 2.44. The number of halogens is 1. The van der Waals surface area contributed by atoms with Crippen molar-refractivity contribution in [3.63, 3.8) is 0 Å². The lowest BCUT2D eigenvalue weighted by atomic mass is 10.1. The van der Waals surface area contributed by atoms with Crippen molar-refractivity contribution in [3.05, 3.63) is 52.5 Å². The summed E-state index contributed by atoms with van der Waals surface area (Å²) >= 11 is 6.04. The summed E-state index contributed by atoms with van der Waals surface area (Å²) in [6.45, 7) is 5.30. The molecule has 0 spiro atoms. The number of benzene rings is 2. The quantitative estimate of drug-likeness (QED) is 0.786. The lowest BCUT2D eigenvalue weighted by molar-refractivity contribution is -0.116. The molecule has 0 saturated heterocycles. The molecule has 0 aliphatic heterocycles. The van der Waals surface area contributed by atoms with Crippen LogP contribution in [0.1, 0.15) is 18.1 Å². The third-order valence-corrected chi connectivity index (χ3v) is 5.58. The minimum Gasteiger partial charge on any atom is -0.495 e. The van der Waals surface area contributed by atoms with Gasteiger partial charge in [-0.15, -0.1) is 0 Å². The summed E-state index contributed by atoms with van der Waals surface area (Å²) in [5.41, 5.74) is 2.71. The smallest absolute Gasteiger partial charge is 0.248 e. The summed E-state index contributed by atoms with van der Waals surface area (Å²) in [5.74, 6) is -0.160. The minimum absolute atomic E-state index is 0.205. The van der Waals surface area contributed by atoms with Crippen LogP contribution in [0.25, 0.3) is 0 Å². The monoisotopic (exact) mass is 410 g/mol. The largest absolute Gasteiger partial charge is 0.495 e. The van der Waals surface area contributed by atoms with E-state index in [0.717, 1.165) is 21.7 Å². The van der Waals surface area contributed by atoms with E-state index in [-0.39, 0.29) is 5.69 Å². The van der Waals surface area contributed by atoms with Gasteiger partial charge in [-0.3, -0.25) is 9.10 Å². The zero-order valence-electron chi connectivity index (χ0n) is 15.9. The molecule has 2 rings (SSSR count). The highest BCUT2D eigenvalue weighted by Crippen LogP contribution is 2.34. The number of anilines is 2. The first-order valence-corrected chi connectivity index (χ1v) is 10.5. The SMILES string of the molecule is COc1ccc(Cl)cc1N(C(C)C(=O)Nc1cc(C)ccc1C)S(C)(=O)=O. The fourth-order valence-corrected chi connectivity index (χ4v) is 4.06. The van der Waals surface area contributed by atoms with Crippen LogP contribution in [-0.4, -0.2) is 33.7 Å². The highest BCUT2D eigenvalue weighted by atomic mass is 35.5. The fourth-order valence-electron chi connectivity index (χ4n) is 2.72. The summed E-state index contributed by atoms with van der Waals surface area (Å²) in [6.07, 6.45) is 1.04. The maximum atomic E-state index is 12.8. The average molecular weight is 411 g/mol. The maximum Gasteiger partial charge on any atom is 0.248 e. The Morgan fingerprint density at radius 2 is 1.85 bits per heavy atom. The van der Waals surface area contributed by atoms with Gasteiger partial charge in [0.25, 0.3) is 0 Å². The predicted octanol–water partition coefficient (Wildman–Crippen LogP) is 3.76. The van der Waals surface area contributed by atoms with Crippen LogP contribution in [-0.2, 0) is 14.8 Å². The van der Waals surface area contributed by atoms with E-state index in [9.17, 15) is 13.2 Å². The zero-order valence-corrected chi connectivity index (χ0v) is 17.5. The van der Waals surface area contributed by atoms with Crippen molar-refractivity contribution in [1.82, 2.24) is 0 Å². The van der Waals surface area contributed by atoms with Crippen LogP contribution in [0.3, 0.4) is 0 Å². The fraction of sp³-hybridized carbons (Fsp3) is 0.316. The third kappa shape index (κ3) is 4.93. The Morgan fingerprint density at radius 3 is 2.44 bits per heavy atom. The van der Waals surface area contributed by atoms with Gasteiger partial charge >= 0.3 is 0 Å². The van der Waals surface area contributed by atoms with E-state index in [1.54, 1.807) is 12.1 Å². The van der Waals surface area contributed by atoms with Gasteiger partial charge in [-0.1, -0.05) is 23.7 Å². The Kier molecular flexibility index (Phi) is 6.38. The highest BCUT2D eigenvalue weighted by Gasteiger charge is 2.31. The van der Waals surface area contributed by atoms with Crippen LogP contribution in [0, 0.1) is 13.8 Å². The van der Waals surface area contributed by atoms with Crippen molar-refractivity contribution in [2.75, 3.05) is 23.0 Å². The molecule has 27 heavy (non-hydrogen) atoms. The molecular formula is C19H23ClN2O4S. The number of ether oxygens (including phenoxy) is 1. The van der Waals surface area contributed by atoms with Gasteiger partial charge in [0.15, 0.2) is 0 Å². The number of carbonyl (C=O) groups is 1. The van der Waals surface area contributed by atoms with Gasteiger partial charge in [-0.05, 0) is 56.2 Å². The van der Waals surface area contributed by atoms with Gasteiger partial charge in [0.2, 0.25) is 15.9 Å². The molecule has 146 valence electrons.